The molecule has 0 bridgehead atoms. The van der Waals surface area contributed by atoms with Crippen molar-refractivity contribution in [3.8, 4) is 17.0 Å². The molecule has 2 heterocycles. The minimum Gasteiger partial charge on any atom is -0.497 e. The van der Waals surface area contributed by atoms with Gasteiger partial charge < -0.3 is 14.5 Å². The fraction of sp³-hybridized carbons (Fsp3) is 0.320. The highest BCUT2D eigenvalue weighted by atomic mass is 16.5. The second-order valence-electron chi connectivity index (χ2n) is 8.38. The first-order valence-corrected chi connectivity index (χ1v) is 11.0. The Bertz CT molecular complexity index is 1120. The molecule has 164 valence electrons. The molecule has 0 radical (unpaired) electrons. The molecule has 2 aromatic carbocycles. The van der Waals surface area contributed by atoms with Crippen LogP contribution in [0.1, 0.15) is 28.4 Å². The molecule has 1 saturated carbocycles. The first-order chi connectivity index (χ1) is 15.6. The van der Waals surface area contributed by atoms with Crippen molar-refractivity contribution in [2.75, 3.05) is 33.3 Å². The van der Waals surface area contributed by atoms with E-state index in [4.69, 9.17) is 4.74 Å². The van der Waals surface area contributed by atoms with Gasteiger partial charge in [-0.25, -0.2) is 0 Å². The molecular weight excluding hydrogens is 404 g/mol. The Morgan fingerprint density at radius 1 is 0.969 bits per heavy atom. The monoisotopic (exact) mass is 430 g/mol. The fourth-order valence-electron chi connectivity index (χ4n) is 4.43. The van der Waals surface area contributed by atoms with Crippen molar-refractivity contribution in [2.24, 2.45) is 5.92 Å². The fourth-order valence-corrected chi connectivity index (χ4v) is 4.43. The lowest BCUT2D eigenvalue weighted by molar-refractivity contribution is -0.134. The van der Waals surface area contributed by atoms with E-state index >= 15 is 0 Å². The third kappa shape index (κ3) is 3.98. The van der Waals surface area contributed by atoms with E-state index in [0.717, 1.165) is 17.7 Å². The summed E-state index contributed by atoms with van der Waals surface area (Å²) in [4.78, 5) is 29.5. The third-order valence-electron chi connectivity index (χ3n) is 6.39. The van der Waals surface area contributed by atoms with Gasteiger partial charge in [-0.2, -0.15) is 5.10 Å². The van der Waals surface area contributed by atoms with Crippen LogP contribution in [0.3, 0.4) is 0 Å². The predicted octanol–water partition coefficient (Wildman–Crippen LogP) is 3.17. The van der Waals surface area contributed by atoms with Gasteiger partial charge in [-0.3, -0.25) is 14.7 Å². The Kier molecular flexibility index (Phi) is 5.39. The molecular formula is C25H26N4O3. The molecule has 2 fully saturated rings. The van der Waals surface area contributed by atoms with Crippen molar-refractivity contribution in [1.82, 2.24) is 20.0 Å². The van der Waals surface area contributed by atoms with Gasteiger partial charge in [-0.05, 0) is 36.1 Å². The summed E-state index contributed by atoms with van der Waals surface area (Å²) in [7, 11) is 1.62. The summed E-state index contributed by atoms with van der Waals surface area (Å²) in [5, 5.41) is 7.16. The molecule has 2 amide bonds. The molecule has 1 aliphatic carbocycles. The summed E-state index contributed by atoms with van der Waals surface area (Å²) >= 11 is 0. The van der Waals surface area contributed by atoms with E-state index in [2.05, 4.69) is 22.3 Å². The van der Waals surface area contributed by atoms with Gasteiger partial charge in [0.25, 0.3) is 5.91 Å². The zero-order chi connectivity index (χ0) is 22.1. The van der Waals surface area contributed by atoms with Crippen molar-refractivity contribution in [3.05, 3.63) is 71.9 Å². The van der Waals surface area contributed by atoms with E-state index in [1.54, 1.807) is 18.1 Å². The molecule has 1 aromatic heterocycles. The molecule has 0 unspecified atom stereocenters. The lowest BCUT2D eigenvalue weighted by atomic mass is 10.1. The standard InChI is InChI=1S/C25H26N4O3/c1-32-19-9-5-8-18(14-19)22-16-23(27-26-22)25(31)29-12-10-28(11-13-29)24(30)21-15-20(21)17-6-3-2-4-7-17/h2-9,14,16,20-21H,10-13,15H2,1H3,(H,26,27)/t20-,21+/m1/s1. The van der Waals surface area contributed by atoms with Crippen LogP contribution in [0.15, 0.2) is 60.7 Å². The maximum Gasteiger partial charge on any atom is 0.272 e. The Morgan fingerprint density at radius 2 is 1.72 bits per heavy atom. The molecule has 1 N–H and O–H groups in total. The van der Waals surface area contributed by atoms with Crippen LogP contribution >= 0.6 is 0 Å². The van der Waals surface area contributed by atoms with Gasteiger partial charge in [0.15, 0.2) is 0 Å². The molecule has 7 nitrogen and oxygen atoms in total. The van der Waals surface area contributed by atoms with Crippen molar-refractivity contribution in [2.45, 2.75) is 12.3 Å². The number of hydrogen-bond donors (Lipinski definition) is 1. The van der Waals surface area contributed by atoms with Crippen LogP contribution in [0.2, 0.25) is 0 Å². The first-order valence-electron chi connectivity index (χ1n) is 11.0. The quantitative estimate of drug-likeness (QED) is 0.674. The second-order valence-corrected chi connectivity index (χ2v) is 8.38. The van der Waals surface area contributed by atoms with E-state index in [1.165, 1.54) is 5.56 Å². The molecule has 7 heteroatoms. The minimum absolute atomic E-state index is 0.0812. The summed E-state index contributed by atoms with van der Waals surface area (Å²) in [5.74, 6) is 1.28. The number of methoxy groups -OCH3 is 1. The maximum absolute atomic E-state index is 13.0. The van der Waals surface area contributed by atoms with Crippen LogP contribution < -0.4 is 4.74 Å². The van der Waals surface area contributed by atoms with Crippen LogP contribution in [0.5, 0.6) is 5.75 Å². The zero-order valence-corrected chi connectivity index (χ0v) is 18.0. The number of nitrogens with one attached hydrogen (secondary N) is 1. The molecule has 2 aliphatic rings. The lowest BCUT2D eigenvalue weighted by Gasteiger charge is -2.34. The first kappa shape index (κ1) is 20.3. The van der Waals surface area contributed by atoms with E-state index in [-0.39, 0.29) is 17.7 Å². The number of ether oxygens (including phenoxy) is 1. The molecule has 32 heavy (non-hydrogen) atoms. The number of piperazine rings is 1. The van der Waals surface area contributed by atoms with Gasteiger partial charge in [0, 0.05) is 37.7 Å². The maximum atomic E-state index is 13.0. The number of aromatic amines is 1. The predicted molar refractivity (Wildman–Crippen MR) is 120 cm³/mol. The lowest BCUT2D eigenvalue weighted by Crippen LogP contribution is -2.51. The number of aromatic nitrogens is 2. The van der Waals surface area contributed by atoms with Crippen LogP contribution in [-0.4, -0.2) is 65.1 Å². The minimum atomic E-state index is -0.0904. The number of nitrogens with zero attached hydrogens (tertiary/aromatic N) is 3. The van der Waals surface area contributed by atoms with Gasteiger partial charge >= 0.3 is 0 Å². The summed E-state index contributed by atoms with van der Waals surface area (Å²) in [6.45, 7) is 2.19. The van der Waals surface area contributed by atoms with Crippen LogP contribution in [0.25, 0.3) is 11.3 Å². The normalized spacial score (nSPS) is 20.2. The van der Waals surface area contributed by atoms with Crippen LogP contribution in [0.4, 0.5) is 0 Å². The number of H-pyrrole nitrogens is 1. The van der Waals surface area contributed by atoms with E-state index in [9.17, 15) is 9.59 Å². The summed E-state index contributed by atoms with van der Waals surface area (Å²) < 4.78 is 5.26. The van der Waals surface area contributed by atoms with Gasteiger partial charge in [-0.15, -0.1) is 0 Å². The van der Waals surface area contributed by atoms with Crippen LogP contribution in [0, 0.1) is 5.92 Å². The number of carbonyl (C=O) groups excluding carboxylic acids is 2. The Balaban J connectivity index is 1.17. The Morgan fingerprint density at radius 3 is 2.47 bits per heavy atom. The molecule has 1 saturated heterocycles. The average molecular weight is 431 g/mol. The highest BCUT2D eigenvalue weighted by molar-refractivity contribution is 5.93. The van der Waals surface area contributed by atoms with E-state index in [0.29, 0.717) is 43.5 Å². The van der Waals surface area contributed by atoms with Gasteiger partial charge in [0.2, 0.25) is 5.91 Å². The Labute approximate surface area is 187 Å². The molecule has 3 aromatic rings. The third-order valence-corrected chi connectivity index (χ3v) is 6.39. The number of carbonyl (C=O) groups is 2. The largest absolute Gasteiger partial charge is 0.497 e. The number of benzene rings is 2. The van der Waals surface area contributed by atoms with Crippen LogP contribution in [-0.2, 0) is 4.79 Å². The van der Waals surface area contributed by atoms with Gasteiger partial charge in [0.05, 0.1) is 12.8 Å². The Hall–Kier alpha value is -3.61. The molecule has 2 atom stereocenters. The summed E-state index contributed by atoms with van der Waals surface area (Å²) in [6, 6.07) is 19.6. The van der Waals surface area contributed by atoms with E-state index in [1.807, 2.05) is 47.4 Å². The summed E-state index contributed by atoms with van der Waals surface area (Å²) in [5.41, 5.74) is 3.27. The van der Waals surface area contributed by atoms with Gasteiger partial charge in [-0.1, -0.05) is 42.5 Å². The molecule has 0 spiro atoms. The zero-order valence-electron chi connectivity index (χ0n) is 18.0. The summed E-state index contributed by atoms with van der Waals surface area (Å²) in [6.07, 6.45) is 0.920. The SMILES string of the molecule is COc1cccc(-c2cc(C(=O)N3CCN(C(=O)[C@H]4C[C@@H]4c4ccccc4)CC3)[nH]n2)c1. The number of hydrogen-bond acceptors (Lipinski definition) is 4. The van der Waals surface area contributed by atoms with E-state index < -0.39 is 0 Å². The van der Waals surface area contributed by atoms with Gasteiger partial charge in [0.1, 0.15) is 11.4 Å². The molecule has 1 aliphatic heterocycles. The van der Waals surface area contributed by atoms with Crippen molar-refractivity contribution >= 4 is 11.8 Å². The number of rotatable bonds is 5. The van der Waals surface area contributed by atoms with Crippen molar-refractivity contribution in [1.29, 1.82) is 0 Å². The molecule has 5 rings (SSSR count). The average Bonchev–Trinajstić information content (AvgIpc) is 3.51. The number of amides is 2. The topological polar surface area (TPSA) is 78.5 Å². The van der Waals surface area contributed by atoms with Crippen molar-refractivity contribution < 1.29 is 14.3 Å². The highest BCUT2D eigenvalue weighted by Crippen LogP contribution is 2.48. The van der Waals surface area contributed by atoms with Crippen molar-refractivity contribution in [3.63, 3.8) is 0 Å². The smallest absolute Gasteiger partial charge is 0.272 e. The second kappa shape index (κ2) is 8.49. The highest BCUT2D eigenvalue weighted by Gasteiger charge is 2.46.